The predicted molar refractivity (Wildman–Crippen MR) is 180 cm³/mol. The summed E-state index contributed by atoms with van der Waals surface area (Å²) in [5, 5.41) is 2.94. The van der Waals surface area contributed by atoms with E-state index in [2.05, 4.69) is 24.8 Å². The Hall–Kier alpha value is -3.50. The number of ether oxygens (including phenoxy) is 1. The second kappa shape index (κ2) is 13.9. The normalized spacial score (nSPS) is 21.1. The molecule has 0 radical (unpaired) electrons. The van der Waals surface area contributed by atoms with Crippen LogP contribution in [0, 0.1) is 11.7 Å². The molecule has 3 atom stereocenters. The van der Waals surface area contributed by atoms with Crippen LogP contribution in [0.25, 0.3) is 22.3 Å². The molecule has 268 valence electrons. The van der Waals surface area contributed by atoms with Crippen LogP contribution in [0.5, 0.6) is 0 Å². The number of hydrogen-bond acceptors (Lipinski definition) is 9. The van der Waals surface area contributed by atoms with Gasteiger partial charge in [0.25, 0.3) is 0 Å². The third-order valence-electron chi connectivity index (χ3n) is 9.54. The quantitative estimate of drug-likeness (QED) is 0.131. The van der Waals surface area contributed by atoms with Gasteiger partial charge in [0.2, 0.25) is 5.89 Å². The minimum absolute atomic E-state index is 0.0726. The summed E-state index contributed by atoms with van der Waals surface area (Å²) in [4.78, 5) is 45.8. The summed E-state index contributed by atoms with van der Waals surface area (Å²) in [6.45, 7) is 3.26. The zero-order valence-electron chi connectivity index (χ0n) is 28.6. The Kier molecular flexibility index (Phi) is 10.1. The summed E-state index contributed by atoms with van der Waals surface area (Å²) in [7, 11) is 0. The Morgan fingerprint density at radius 2 is 1.80 bits per heavy atom. The van der Waals surface area contributed by atoms with Crippen molar-refractivity contribution in [3.63, 3.8) is 0 Å². The van der Waals surface area contributed by atoms with E-state index in [9.17, 15) is 27.2 Å². The molecule has 0 unspecified atom stereocenters. The summed E-state index contributed by atoms with van der Waals surface area (Å²) in [5.74, 6) is -0.561. The molecular formula is C35H41F4N5O5Sn. The van der Waals surface area contributed by atoms with Gasteiger partial charge < -0.3 is 9.73 Å². The number of furan rings is 1. The predicted octanol–water partition coefficient (Wildman–Crippen LogP) is 5.24. The van der Waals surface area contributed by atoms with Gasteiger partial charge >= 0.3 is 171 Å². The molecule has 15 heteroatoms. The standard InChI is InChI=1S/C32H32F4N5O5.3CH3.Sn/c1-31(2,30-38-15-27(46-30)19-3-5-22(33)6-4-19)41-10-9-40(25(17-41)28(42)39-18-32(34,35)36)16-24-12-20(29(43)45-24)11-23-13-21-14-37-8-7-26(21)44-23;;;;/h3-6,8,13-15,20,24-25H,9-12,16-18H2,1-2H3,(H,39,42);3*1H3;/t20-,24+,25+;;;;/m1..../s1. The number of fused-ring (bicyclic) bond motifs is 1. The molecule has 0 aliphatic carbocycles. The third-order valence-corrected chi connectivity index (χ3v) is 15.2. The van der Waals surface area contributed by atoms with Crippen molar-refractivity contribution in [2.45, 2.75) is 65.4 Å². The molecule has 1 aromatic carbocycles. The number of oxazole rings is 1. The Balaban J connectivity index is 1.15. The molecule has 0 saturated carbocycles. The maximum atomic E-state index is 13.4. The number of cyclic esters (lactones) is 1. The van der Waals surface area contributed by atoms with Gasteiger partial charge in [-0.15, -0.1) is 0 Å². The molecule has 0 spiro atoms. The second-order valence-corrected chi connectivity index (χ2v) is 29.0. The van der Waals surface area contributed by atoms with Crippen molar-refractivity contribution >= 4 is 44.8 Å². The number of carbonyl (C=O) groups is 2. The molecule has 3 aromatic heterocycles. The number of amides is 1. The number of esters is 1. The average molecular weight is 806 g/mol. The molecule has 2 aliphatic rings. The Morgan fingerprint density at radius 3 is 2.50 bits per heavy atom. The van der Waals surface area contributed by atoms with E-state index in [-0.39, 0.29) is 24.9 Å². The van der Waals surface area contributed by atoms with Gasteiger partial charge in [0.15, 0.2) is 5.76 Å². The van der Waals surface area contributed by atoms with Crippen LogP contribution < -0.4 is 8.90 Å². The molecule has 1 amide bonds. The minimum atomic E-state index is -4.58. The number of benzene rings is 1. The fourth-order valence-corrected chi connectivity index (χ4v) is 10.5. The van der Waals surface area contributed by atoms with Crippen LogP contribution in [0.15, 0.2) is 57.8 Å². The van der Waals surface area contributed by atoms with E-state index in [1.807, 2.05) is 36.3 Å². The molecule has 6 rings (SSSR count). The van der Waals surface area contributed by atoms with E-state index >= 15 is 0 Å². The van der Waals surface area contributed by atoms with Crippen LogP contribution in [-0.2, 0) is 26.3 Å². The van der Waals surface area contributed by atoms with Crippen molar-refractivity contribution < 1.29 is 40.7 Å². The molecule has 2 saturated heterocycles. The molecule has 2 fully saturated rings. The number of alkyl halides is 3. The van der Waals surface area contributed by atoms with Gasteiger partial charge in [0, 0.05) is 5.56 Å². The molecule has 50 heavy (non-hydrogen) atoms. The van der Waals surface area contributed by atoms with Crippen LogP contribution in [0.3, 0.4) is 0 Å². The van der Waals surface area contributed by atoms with Crippen LogP contribution in [-0.4, -0.2) is 101 Å². The molecule has 2 aliphatic heterocycles. The van der Waals surface area contributed by atoms with Gasteiger partial charge in [-0.3, -0.25) is 9.69 Å². The first-order valence-electron chi connectivity index (χ1n) is 16.6. The molecule has 4 aromatic rings. The third kappa shape index (κ3) is 8.01. The Labute approximate surface area is 291 Å². The summed E-state index contributed by atoms with van der Waals surface area (Å²) < 4.78 is 72.1. The van der Waals surface area contributed by atoms with Gasteiger partial charge in [-0.05, 0) is 38.1 Å². The minimum Gasteiger partial charge on any atom is -0.346 e. The Bertz CT molecular complexity index is 1850. The monoisotopic (exact) mass is 807 g/mol. The number of nitrogens with zero attached hydrogens (tertiary/aromatic N) is 4. The molecule has 5 heterocycles. The van der Waals surface area contributed by atoms with E-state index in [0.29, 0.717) is 48.9 Å². The van der Waals surface area contributed by atoms with Crippen LogP contribution in [0.1, 0.15) is 31.9 Å². The fourth-order valence-electron chi connectivity index (χ4n) is 6.70. The van der Waals surface area contributed by atoms with Gasteiger partial charge in [-0.25, -0.2) is 9.37 Å². The van der Waals surface area contributed by atoms with Gasteiger partial charge in [-0.2, -0.15) is 13.2 Å². The topological polar surface area (TPSA) is 114 Å². The number of nitrogens with one attached hydrogen (secondary N) is 1. The number of carbonyl (C=O) groups excluding carboxylic acids is 2. The van der Waals surface area contributed by atoms with Gasteiger partial charge in [-0.1, -0.05) is 0 Å². The van der Waals surface area contributed by atoms with Crippen LogP contribution in [0.4, 0.5) is 17.6 Å². The molecule has 1 N–H and O–H groups in total. The first-order valence-corrected chi connectivity index (χ1v) is 26.6. The van der Waals surface area contributed by atoms with E-state index in [4.69, 9.17) is 13.6 Å². The summed E-state index contributed by atoms with van der Waals surface area (Å²) in [6, 6.07) is 6.73. The number of rotatable bonds is 10. The number of aromatic nitrogens is 2. The molecule has 0 bridgehead atoms. The number of halogens is 4. The summed E-state index contributed by atoms with van der Waals surface area (Å²) in [5.41, 5.74) is 0.608. The van der Waals surface area contributed by atoms with E-state index in [0.717, 1.165) is 11.0 Å². The van der Waals surface area contributed by atoms with Crippen LogP contribution >= 0.6 is 0 Å². The first kappa shape index (κ1) is 36.3. The summed E-state index contributed by atoms with van der Waals surface area (Å²) >= 11 is -2.52. The van der Waals surface area contributed by atoms with E-state index in [1.165, 1.54) is 21.9 Å². The van der Waals surface area contributed by atoms with Crippen molar-refractivity contribution in [3.8, 4) is 11.3 Å². The number of piperazine rings is 1. The van der Waals surface area contributed by atoms with Crippen molar-refractivity contribution in [2.24, 2.45) is 5.92 Å². The fraction of sp³-hybridized carbons (Fsp3) is 0.486. The van der Waals surface area contributed by atoms with Crippen molar-refractivity contribution in [1.82, 2.24) is 25.1 Å². The van der Waals surface area contributed by atoms with E-state index in [1.54, 1.807) is 23.2 Å². The Morgan fingerprint density at radius 1 is 1.06 bits per heavy atom. The van der Waals surface area contributed by atoms with Crippen LogP contribution in [0.2, 0.25) is 14.8 Å². The zero-order valence-corrected chi connectivity index (χ0v) is 31.5. The smallest absolute Gasteiger partial charge is 0.346 e. The summed E-state index contributed by atoms with van der Waals surface area (Å²) in [6.07, 6.45) is 0.762. The average Bonchev–Trinajstić information content (AvgIpc) is 3.78. The van der Waals surface area contributed by atoms with Gasteiger partial charge in [0.1, 0.15) is 12.4 Å². The SMILES string of the molecule is CC(C)(c1ncc(-c2ccc(F)cc2)o1)N1CCN(C[C@@H]2C[C@@H](Cc3cc4cnc[c]([Sn]([CH3])([CH3])[CH3])c4o3)C(=O)O2)[C@H](C(=O)NCC(F)(F)F)C1. The number of hydrogen-bond donors (Lipinski definition) is 1. The van der Waals surface area contributed by atoms with Crippen molar-refractivity contribution in [1.29, 1.82) is 0 Å². The second-order valence-electron chi connectivity index (χ2n) is 14.6. The molecular weight excluding hydrogens is 765 g/mol. The molecule has 10 nitrogen and oxygen atoms in total. The van der Waals surface area contributed by atoms with Gasteiger partial charge in [0.05, 0.1) is 11.7 Å². The zero-order chi connectivity index (χ0) is 36.0. The van der Waals surface area contributed by atoms with Crippen molar-refractivity contribution in [2.75, 3.05) is 32.7 Å². The first-order chi connectivity index (χ1) is 23.5. The van der Waals surface area contributed by atoms with Crippen molar-refractivity contribution in [3.05, 3.63) is 66.4 Å². The number of pyridine rings is 1. The maximum absolute atomic E-state index is 13.4. The van der Waals surface area contributed by atoms with E-state index < -0.39 is 60.6 Å².